The number of hydrogen-bond donors (Lipinski definition) is 0. The van der Waals surface area contributed by atoms with Crippen LogP contribution in [0.15, 0.2) is 18.2 Å². The highest BCUT2D eigenvalue weighted by Crippen LogP contribution is 2.19. The molecule has 7 heteroatoms. The highest BCUT2D eigenvalue weighted by Gasteiger charge is 2.17. The van der Waals surface area contributed by atoms with Gasteiger partial charge >= 0.3 is 11.7 Å². The zero-order valence-electron chi connectivity index (χ0n) is 6.77. The molecule has 74 valence electrons. The highest BCUT2D eigenvalue weighted by atomic mass is 31.0. The van der Waals surface area contributed by atoms with Gasteiger partial charge in [0.15, 0.2) is 0 Å². The Hall–Kier alpha value is -1.55. The van der Waals surface area contributed by atoms with Crippen molar-refractivity contribution in [1.29, 1.82) is 0 Å². The molecule has 1 unspecified atom stereocenters. The third kappa shape index (κ3) is 2.03. The summed E-state index contributed by atoms with van der Waals surface area (Å²) in [6, 6.07) is 2.77. The topological polar surface area (TPSA) is 69.4 Å². The number of nitrogens with zero attached hydrogens (tertiary/aromatic N) is 1. The Morgan fingerprint density at radius 3 is 2.71 bits per heavy atom. The van der Waals surface area contributed by atoms with Crippen LogP contribution >= 0.6 is 9.47 Å². The number of carbonyl (C=O) groups is 1. The fourth-order valence-corrected chi connectivity index (χ4v) is 0.984. The van der Waals surface area contributed by atoms with Crippen molar-refractivity contribution in [2.45, 2.75) is 0 Å². The molecule has 0 saturated heterocycles. The van der Waals surface area contributed by atoms with Crippen molar-refractivity contribution in [3.8, 4) is 0 Å². The molecule has 14 heavy (non-hydrogen) atoms. The van der Waals surface area contributed by atoms with Crippen LogP contribution in [0, 0.1) is 15.9 Å². The van der Waals surface area contributed by atoms with Crippen LogP contribution in [0.2, 0.25) is 0 Å². The lowest BCUT2D eigenvalue weighted by Gasteiger charge is -1.98. The van der Waals surface area contributed by atoms with Crippen molar-refractivity contribution >= 4 is 21.1 Å². The van der Waals surface area contributed by atoms with Gasteiger partial charge in [-0.1, -0.05) is 0 Å². The molecule has 1 aromatic carbocycles. The first-order valence-corrected chi connectivity index (χ1v) is 3.88. The Bertz CT molecular complexity index is 395. The van der Waals surface area contributed by atoms with Crippen LogP contribution in [0.4, 0.5) is 10.1 Å². The third-order valence-corrected chi connectivity index (χ3v) is 1.70. The predicted molar refractivity (Wildman–Crippen MR) is 48.2 cm³/mol. The third-order valence-electron chi connectivity index (χ3n) is 1.49. The molecule has 0 aromatic heterocycles. The molecule has 0 bridgehead atoms. The van der Waals surface area contributed by atoms with Gasteiger partial charge in [-0.15, -0.1) is 0 Å². The zero-order valence-corrected chi connectivity index (χ0v) is 7.92. The predicted octanol–water partition coefficient (Wildman–Crippen LogP) is 1.68. The number of nitro benzene ring substituents is 1. The lowest BCUT2D eigenvalue weighted by atomic mass is 10.2. The molecule has 0 aliphatic carbocycles. The quantitative estimate of drug-likeness (QED) is 0.429. The van der Waals surface area contributed by atoms with Gasteiger partial charge in [0, 0.05) is 6.07 Å². The van der Waals surface area contributed by atoms with Gasteiger partial charge in [0.25, 0.3) is 0 Å². The maximum atomic E-state index is 12.8. The summed E-state index contributed by atoms with van der Waals surface area (Å²) in [4.78, 5) is 20.3. The smallest absolute Gasteiger partial charge is 0.340 e. The van der Waals surface area contributed by atoms with E-state index < -0.39 is 22.4 Å². The Kier molecular flexibility index (Phi) is 3.09. The monoisotopic (exact) mass is 217 g/mol. The van der Waals surface area contributed by atoms with Crippen LogP contribution in [0.5, 0.6) is 0 Å². The Morgan fingerprint density at radius 2 is 2.21 bits per heavy atom. The van der Waals surface area contributed by atoms with Crippen molar-refractivity contribution in [3.05, 3.63) is 39.7 Å². The standard InChI is InChI=1S/C7H5FNO4P/c8-5-2-1-4(7(10)13-14)3-6(5)9(11)12/h1-3H,14H2. The number of nitro groups is 1. The molecule has 1 atom stereocenters. The summed E-state index contributed by atoms with van der Waals surface area (Å²) in [5.74, 6) is -1.77. The summed E-state index contributed by atoms with van der Waals surface area (Å²) < 4.78 is 17.0. The second-order valence-corrected chi connectivity index (χ2v) is 2.56. The average molecular weight is 217 g/mol. The zero-order chi connectivity index (χ0) is 10.7. The first-order valence-electron chi connectivity index (χ1n) is 3.41. The largest absolute Gasteiger partial charge is 0.448 e. The molecule has 0 fully saturated rings. The normalized spacial score (nSPS) is 9.57. The second-order valence-electron chi connectivity index (χ2n) is 2.33. The van der Waals surface area contributed by atoms with E-state index in [1.165, 1.54) is 0 Å². The van der Waals surface area contributed by atoms with E-state index in [0.29, 0.717) is 0 Å². The summed E-state index contributed by atoms with van der Waals surface area (Å²) in [5, 5.41) is 10.3. The fourth-order valence-electron chi connectivity index (χ4n) is 0.848. The van der Waals surface area contributed by atoms with Gasteiger partial charge < -0.3 is 4.52 Å². The first-order chi connectivity index (χ1) is 6.56. The number of benzene rings is 1. The van der Waals surface area contributed by atoms with Crippen LogP contribution in [0.25, 0.3) is 0 Å². The van der Waals surface area contributed by atoms with E-state index in [2.05, 4.69) is 4.52 Å². The second kappa shape index (κ2) is 4.11. The summed E-state index contributed by atoms with van der Waals surface area (Å²) in [6.07, 6.45) is 0. The molecule has 5 nitrogen and oxygen atoms in total. The highest BCUT2D eigenvalue weighted by molar-refractivity contribution is 7.10. The molecule has 0 aliphatic rings. The lowest BCUT2D eigenvalue weighted by Crippen LogP contribution is -2.00. The van der Waals surface area contributed by atoms with E-state index in [9.17, 15) is 19.3 Å². The molecule has 0 radical (unpaired) electrons. The van der Waals surface area contributed by atoms with E-state index in [4.69, 9.17) is 0 Å². The minimum Gasteiger partial charge on any atom is -0.448 e. The Labute approximate surface area is 80.3 Å². The van der Waals surface area contributed by atoms with Gasteiger partial charge in [0.1, 0.15) is 0 Å². The molecular weight excluding hydrogens is 212 g/mol. The SMILES string of the molecule is O=C(OP)c1ccc(F)c([N+](=O)[O-])c1. The van der Waals surface area contributed by atoms with Gasteiger partial charge in [-0.3, -0.25) is 10.1 Å². The molecule has 0 N–H and O–H groups in total. The molecule has 0 heterocycles. The number of carbonyl (C=O) groups excluding carboxylic acids is 1. The molecule has 0 saturated carbocycles. The first kappa shape index (κ1) is 10.5. The Balaban J connectivity index is 3.19. The van der Waals surface area contributed by atoms with Gasteiger partial charge in [-0.25, -0.2) is 4.79 Å². The van der Waals surface area contributed by atoms with Crippen LogP contribution < -0.4 is 0 Å². The van der Waals surface area contributed by atoms with E-state index in [-0.39, 0.29) is 5.56 Å². The minimum atomic E-state index is -0.990. The molecule has 0 amide bonds. The molecule has 0 spiro atoms. The average Bonchev–Trinajstić information content (AvgIpc) is 2.17. The number of halogens is 1. The van der Waals surface area contributed by atoms with Crippen LogP contribution in [0.3, 0.4) is 0 Å². The molecule has 1 rings (SSSR count). The van der Waals surface area contributed by atoms with E-state index in [1.54, 1.807) is 9.47 Å². The van der Waals surface area contributed by atoms with E-state index in [1.807, 2.05) is 0 Å². The van der Waals surface area contributed by atoms with Gasteiger partial charge in [0.05, 0.1) is 20.0 Å². The number of hydrogen-bond acceptors (Lipinski definition) is 4. The maximum absolute atomic E-state index is 12.8. The maximum Gasteiger partial charge on any atom is 0.340 e. The lowest BCUT2D eigenvalue weighted by molar-refractivity contribution is -0.387. The van der Waals surface area contributed by atoms with Crippen molar-refractivity contribution < 1.29 is 18.6 Å². The molecule has 0 aliphatic heterocycles. The van der Waals surface area contributed by atoms with Crippen LogP contribution in [0.1, 0.15) is 10.4 Å². The fraction of sp³-hybridized carbons (Fsp3) is 0. The molecule has 1 aromatic rings. The van der Waals surface area contributed by atoms with Crippen molar-refractivity contribution in [1.82, 2.24) is 0 Å². The number of rotatable bonds is 2. The van der Waals surface area contributed by atoms with E-state index >= 15 is 0 Å². The molecular formula is C7H5FNO4P. The van der Waals surface area contributed by atoms with Gasteiger partial charge in [-0.2, -0.15) is 4.39 Å². The van der Waals surface area contributed by atoms with Crippen molar-refractivity contribution in [2.24, 2.45) is 0 Å². The van der Waals surface area contributed by atoms with Gasteiger partial charge in [-0.05, 0) is 12.1 Å². The Morgan fingerprint density at radius 1 is 1.57 bits per heavy atom. The van der Waals surface area contributed by atoms with E-state index in [0.717, 1.165) is 18.2 Å². The summed E-state index contributed by atoms with van der Waals surface area (Å²) >= 11 is 0. The van der Waals surface area contributed by atoms with Crippen molar-refractivity contribution in [2.75, 3.05) is 0 Å². The minimum absolute atomic E-state index is 0.0758. The van der Waals surface area contributed by atoms with Gasteiger partial charge in [0.2, 0.25) is 5.82 Å². The van der Waals surface area contributed by atoms with Crippen molar-refractivity contribution in [3.63, 3.8) is 0 Å². The summed E-state index contributed by atoms with van der Waals surface area (Å²) in [7, 11) is 1.71. The summed E-state index contributed by atoms with van der Waals surface area (Å²) in [6.45, 7) is 0. The summed E-state index contributed by atoms with van der Waals surface area (Å²) in [5.41, 5.74) is -0.828. The van der Waals surface area contributed by atoms with Crippen LogP contribution in [-0.2, 0) is 4.52 Å². The van der Waals surface area contributed by atoms with Crippen LogP contribution in [-0.4, -0.2) is 10.9 Å².